The number of carbonyl (C=O) groups excluding carboxylic acids is 1. The van der Waals surface area contributed by atoms with Crippen LogP contribution in [0.4, 0.5) is 13.2 Å². The van der Waals surface area contributed by atoms with Gasteiger partial charge in [-0.25, -0.2) is 0 Å². The van der Waals surface area contributed by atoms with Crippen molar-refractivity contribution in [3.8, 4) is 0 Å². The van der Waals surface area contributed by atoms with Crippen LogP contribution < -0.4 is 0 Å². The van der Waals surface area contributed by atoms with Gasteiger partial charge in [-0.1, -0.05) is 38.8 Å². The third-order valence-corrected chi connectivity index (χ3v) is 4.57. The second-order valence-electron chi connectivity index (χ2n) is 6.70. The molecule has 148 valence electrons. The molecular formula is C21H27F3N2O. The molecule has 0 bridgehead atoms. The molecule has 0 saturated carbocycles. The number of unbranched alkanes of at least 4 members (excludes halogenated alkanes) is 2. The Morgan fingerprint density at radius 1 is 1.11 bits per heavy atom. The molecule has 0 unspecified atom stereocenters. The molecule has 0 radical (unpaired) electrons. The van der Waals surface area contributed by atoms with Crippen molar-refractivity contribution in [1.82, 2.24) is 9.47 Å². The largest absolute Gasteiger partial charge is 0.416 e. The normalized spacial score (nSPS) is 11.6. The zero-order chi connectivity index (χ0) is 19.9. The predicted octanol–water partition coefficient (Wildman–Crippen LogP) is 5.48. The van der Waals surface area contributed by atoms with Crippen molar-refractivity contribution in [2.24, 2.45) is 0 Å². The Morgan fingerprint density at radius 3 is 2.56 bits per heavy atom. The molecule has 6 heteroatoms. The molecule has 0 N–H and O–H groups in total. The highest BCUT2D eigenvalue weighted by Crippen LogP contribution is 2.29. The van der Waals surface area contributed by atoms with Gasteiger partial charge in [-0.2, -0.15) is 13.2 Å². The summed E-state index contributed by atoms with van der Waals surface area (Å²) in [7, 11) is 0. The zero-order valence-corrected chi connectivity index (χ0v) is 15.9. The first-order valence-electron chi connectivity index (χ1n) is 9.43. The number of rotatable bonds is 9. The first-order chi connectivity index (χ1) is 12.8. The first-order valence-corrected chi connectivity index (χ1v) is 9.43. The van der Waals surface area contributed by atoms with E-state index < -0.39 is 11.7 Å². The van der Waals surface area contributed by atoms with E-state index in [9.17, 15) is 18.0 Å². The average Bonchev–Trinajstić information content (AvgIpc) is 3.06. The van der Waals surface area contributed by atoms with Crippen LogP contribution in [0, 0.1) is 0 Å². The van der Waals surface area contributed by atoms with Crippen LogP contribution >= 0.6 is 0 Å². The van der Waals surface area contributed by atoms with Crippen LogP contribution in [0.15, 0.2) is 42.6 Å². The summed E-state index contributed by atoms with van der Waals surface area (Å²) in [6, 6.07) is 9.16. The molecule has 2 aromatic rings. The SMILES string of the molecule is CCCCCN(Cc1cccn1Cc1cccc(C(F)(F)F)c1)C(=O)CC. The number of hydrogen-bond donors (Lipinski definition) is 0. The van der Waals surface area contributed by atoms with Gasteiger partial charge in [0.15, 0.2) is 0 Å². The van der Waals surface area contributed by atoms with E-state index in [0.29, 0.717) is 31.6 Å². The maximum Gasteiger partial charge on any atom is 0.416 e. The molecule has 2 rings (SSSR count). The summed E-state index contributed by atoms with van der Waals surface area (Å²) in [5, 5.41) is 0. The van der Waals surface area contributed by atoms with Crippen LogP contribution in [-0.2, 0) is 24.1 Å². The molecule has 0 fully saturated rings. The molecule has 3 nitrogen and oxygen atoms in total. The van der Waals surface area contributed by atoms with Crippen molar-refractivity contribution in [1.29, 1.82) is 0 Å². The van der Waals surface area contributed by atoms with E-state index in [1.165, 1.54) is 12.1 Å². The van der Waals surface area contributed by atoms with Gasteiger partial charge in [0, 0.05) is 31.4 Å². The number of carbonyl (C=O) groups is 1. The lowest BCUT2D eigenvalue weighted by molar-refractivity contribution is -0.137. The fraction of sp³-hybridized carbons (Fsp3) is 0.476. The van der Waals surface area contributed by atoms with Gasteiger partial charge < -0.3 is 9.47 Å². The molecule has 0 atom stereocenters. The standard InChI is InChI=1S/C21H27F3N2O/c1-3-5-6-12-26(20(27)4-2)16-19-11-8-13-25(19)15-17-9-7-10-18(14-17)21(22,23)24/h7-11,13-14H,3-6,12,15-16H2,1-2H3. The number of benzene rings is 1. The van der Waals surface area contributed by atoms with Gasteiger partial charge in [-0.05, 0) is 36.2 Å². The van der Waals surface area contributed by atoms with Crippen molar-refractivity contribution in [2.75, 3.05) is 6.54 Å². The van der Waals surface area contributed by atoms with Gasteiger partial charge in [-0.15, -0.1) is 0 Å². The molecule has 1 aromatic heterocycles. The third-order valence-electron chi connectivity index (χ3n) is 4.57. The molecule has 0 spiro atoms. The lowest BCUT2D eigenvalue weighted by atomic mass is 10.1. The van der Waals surface area contributed by atoms with Crippen molar-refractivity contribution in [3.63, 3.8) is 0 Å². The first kappa shape index (κ1) is 21.1. The summed E-state index contributed by atoms with van der Waals surface area (Å²) in [6.45, 7) is 5.48. The Hall–Kier alpha value is -2.24. The summed E-state index contributed by atoms with van der Waals surface area (Å²) in [6.07, 6.45) is 1.05. The van der Waals surface area contributed by atoms with E-state index in [4.69, 9.17) is 0 Å². The quantitative estimate of drug-likeness (QED) is 0.529. The van der Waals surface area contributed by atoms with Crippen LogP contribution in [0.5, 0.6) is 0 Å². The van der Waals surface area contributed by atoms with E-state index in [1.54, 1.807) is 6.07 Å². The van der Waals surface area contributed by atoms with Crippen LogP contribution in [0.1, 0.15) is 56.4 Å². The summed E-state index contributed by atoms with van der Waals surface area (Å²) >= 11 is 0. The Morgan fingerprint density at radius 2 is 1.89 bits per heavy atom. The number of alkyl halides is 3. The van der Waals surface area contributed by atoms with E-state index in [1.807, 2.05) is 34.7 Å². The maximum absolute atomic E-state index is 12.9. The molecule has 27 heavy (non-hydrogen) atoms. The maximum atomic E-state index is 12.9. The van der Waals surface area contributed by atoms with E-state index in [2.05, 4.69) is 6.92 Å². The molecule has 1 heterocycles. The number of hydrogen-bond acceptors (Lipinski definition) is 1. The van der Waals surface area contributed by atoms with Crippen LogP contribution in [0.3, 0.4) is 0 Å². The highest BCUT2D eigenvalue weighted by molar-refractivity contribution is 5.75. The topological polar surface area (TPSA) is 25.2 Å². The van der Waals surface area contributed by atoms with E-state index in [-0.39, 0.29) is 5.91 Å². The number of nitrogens with zero attached hydrogens (tertiary/aromatic N) is 2. The summed E-state index contributed by atoms with van der Waals surface area (Å²) in [5.74, 6) is 0.0953. The minimum atomic E-state index is -4.35. The van der Waals surface area contributed by atoms with Gasteiger partial charge >= 0.3 is 6.18 Å². The summed E-state index contributed by atoms with van der Waals surface area (Å²) in [4.78, 5) is 14.1. The Kier molecular flexibility index (Phi) is 7.51. The molecule has 0 saturated heterocycles. The molecule has 0 aliphatic rings. The fourth-order valence-electron chi connectivity index (χ4n) is 3.05. The van der Waals surface area contributed by atoms with Crippen molar-refractivity contribution in [3.05, 3.63) is 59.4 Å². The molecule has 1 aromatic carbocycles. The van der Waals surface area contributed by atoms with Gasteiger partial charge in [0.25, 0.3) is 0 Å². The second-order valence-corrected chi connectivity index (χ2v) is 6.70. The van der Waals surface area contributed by atoms with Crippen LogP contribution in [-0.4, -0.2) is 21.9 Å². The number of halogens is 3. The predicted molar refractivity (Wildman–Crippen MR) is 100 cm³/mol. The molecule has 1 amide bonds. The highest BCUT2D eigenvalue weighted by atomic mass is 19.4. The van der Waals surface area contributed by atoms with Crippen molar-refractivity contribution in [2.45, 2.75) is 58.8 Å². The molecule has 0 aliphatic heterocycles. The van der Waals surface area contributed by atoms with Crippen LogP contribution in [0.25, 0.3) is 0 Å². The van der Waals surface area contributed by atoms with Crippen LogP contribution in [0.2, 0.25) is 0 Å². The lowest BCUT2D eigenvalue weighted by Gasteiger charge is -2.23. The summed E-state index contributed by atoms with van der Waals surface area (Å²) < 4.78 is 40.7. The van der Waals surface area contributed by atoms with Crippen molar-refractivity contribution < 1.29 is 18.0 Å². The monoisotopic (exact) mass is 380 g/mol. The average molecular weight is 380 g/mol. The zero-order valence-electron chi connectivity index (χ0n) is 15.9. The highest BCUT2D eigenvalue weighted by Gasteiger charge is 2.30. The molecular weight excluding hydrogens is 353 g/mol. The Balaban J connectivity index is 2.13. The fourth-order valence-corrected chi connectivity index (χ4v) is 3.05. The van der Waals surface area contributed by atoms with Crippen molar-refractivity contribution >= 4 is 5.91 Å². The number of amides is 1. The Bertz CT molecular complexity index is 737. The third kappa shape index (κ3) is 6.15. The summed E-state index contributed by atoms with van der Waals surface area (Å²) in [5.41, 5.74) is 0.864. The van der Waals surface area contributed by atoms with Gasteiger partial charge in [0.05, 0.1) is 12.1 Å². The van der Waals surface area contributed by atoms with Gasteiger partial charge in [-0.3, -0.25) is 4.79 Å². The van der Waals surface area contributed by atoms with E-state index >= 15 is 0 Å². The Labute approximate surface area is 158 Å². The number of aromatic nitrogens is 1. The molecule has 0 aliphatic carbocycles. The minimum Gasteiger partial charge on any atom is -0.345 e. The van der Waals surface area contributed by atoms with Gasteiger partial charge in [0.2, 0.25) is 5.91 Å². The second kappa shape index (κ2) is 9.62. The smallest absolute Gasteiger partial charge is 0.345 e. The van der Waals surface area contributed by atoms with E-state index in [0.717, 1.165) is 31.0 Å². The minimum absolute atomic E-state index is 0.0953. The lowest BCUT2D eigenvalue weighted by Crippen LogP contribution is -2.31. The van der Waals surface area contributed by atoms with Gasteiger partial charge in [0.1, 0.15) is 0 Å².